The van der Waals surface area contributed by atoms with Crippen molar-refractivity contribution in [1.29, 1.82) is 0 Å². The molecule has 1 fully saturated rings. The Morgan fingerprint density at radius 1 is 1.21 bits per heavy atom. The highest BCUT2D eigenvalue weighted by atomic mass is 19.1. The smallest absolute Gasteiger partial charge is 0.258 e. The van der Waals surface area contributed by atoms with Crippen LogP contribution in [0.5, 0.6) is 11.5 Å². The number of carbonyl (C=O) groups is 1. The van der Waals surface area contributed by atoms with E-state index in [-0.39, 0.29) is 17.6 Å². The number of nitrogens with one attached hydrogen (secondary N) is 2. The van der Waals surface area contributed by atoms with Crippen molar-refractivity contribution in [2.24, 2.45) is 4.99 Å². The third-order valence-electron chi connectivity index (χ3n) is 4.41. The Labute approximate surface area is 168 Å². The monoisotopic (exact) mass is 401 g/mol. The van der Waals surface area contributed by atoms with E-state index in [1.54, 1.807) is 32.4 Å². The molecule has 8 heteroatoms. The minimum Gasteiger partial charge on any atom is -0.497 e. The third kappa shape index (κ3) is 5.92. The lowest BCUT2D eigenvalue weighted by Gasteiger charge is -2.15. The fraction of sp³-hybridized carbons (Fsp3) is 0.333. The molecule has 1 heterocycles. The van der Waals surface area contributed by atoms with E-state index in [1.165, 1.54) is 24.3 Å². The number of amides is 1. The van der Waals surface area contributed by atoms with E-state index < -0.39 is 11.7 Å². The maximum Gasteiger partial charge on any atom is 0.258 e. The average Bonchev–Trinajstić information content (AvgIpc) is 3.25. The van der Waals surface area contributed by atoms with Crippen LogP contribution < -0.4 is 20.1 Å². The number of ether oxygens (including phenoxy) is 3. The summed E-state index contributed by atoms with van der Waals surface area (Å²) in [6.45, 7) is 1.11. The first-order valence-corrected chi connectivity index (χ1v) is 9.30. The average molecular weight is 401 g/mol. The molecule has 154 valence electrons. The van der Waals surface area contributed by atoms with E-state index in [9.17, 15) is 9.18 Å². The van der Waals surface area contributed by atoms with Crippen LogP contribution in [-0.2, 0) is 4.74 Å². The molecule has 1 aliphatic rings. The molecule has 0 spiro atoms. The standard InChI is InChI=1S/C21H24FN3O4/c1-27-18-10-16(11-19(12-18)28-2)24-21(23-13-17-7-4-8-29-17)25-20(26)14-5-3-6-15(22)9-14/h3,5-6,9-12,17H,4,7-8,13H2,1-2H3,(H2,23,24,25,26). The van der Waals surface area contributed by atoms with Crippen molar-refractivity contribution < 1.29 is 23.4 Å². The molecule has 29 heavy (non-hydrogen) atoms. The normalized spacial score (nSPS) is 16.4. The number of anilines is 1. The van der Waals surface area contributed by atoms with E-state index >= 15 is 0 Å². The molecule has 0 bridgehead atoms. The van der Waals surface area contributed by atoms with E-state index in [2.05, 4.69) is 15.6 Å². The van der Waals surface area contributed by atoms with Crippen molar-refractivity contribution >= 4 is 17.6 Å². The van der Waals surface area contributed by atoms with Gasteiger partial charge in [-0.1, -0.05) is 6.07 Å². The molecule has 0 saturated carbocycles. The van der Waals surface area contributed by atoms with Crippen molar-refractivity contribution in [2.75, 3.05) is 32.7 Å². The van der Waals surface area contributed by atoms with Crippen LogP contribution in [0.1, 0.15) is 23.2 Å². The largest absolute Gasteiger partial charge is 0.497 e. The summed E-state index contributed by atoms with van der Waals surface area (Å²) < 4.78 is 29.6. The van der Waals surface area contributed by atoms with Crippen molar-refractivity contribution in [3.05, 3.63) is 53.8 Å². The molecular weight excluding hydrogens is 377 g/mol. The number of hydrogen-bond acceptors (Lipinski definition) is 5. The predicted octanol–water partition coefficient (Wildman–Crippen LogP) is 3.22. The van der Waals surface area contributed by atoms with Gasteiger partial charge in [0.15, 0.2) is 0 Å². The van der Waals surface area contributed by atoms with Gasteiger partial charge in [0.1, 0.15) is 17.3 Å². The Bertz CT molecular complexity index is 860. The van der Waals surface area contributed by atoms with Gasteiger partial charge in [-0.05, 0) is 31.0 Å². The molecule has 0 radical (unpaired) electrons. The Hall–Kier alpha value is -3.13. The molecule has 7 nitrogen and oxygen atoms in total. The van der Waals surface area contributed by atoms with Crippen LogP contribution in [0.2, 0.25) is 0 Å². The van der Waals surface area contributed by atoms with Crippen molar-refractivity contribution in [3.63, 3.8) is 0 Å². The number of guanidine groups is 1. The quantitative estimate of drug-likeness (QED) is 0.574. The lowest BCUT2D eigenvalue weighted by Crippen LogP contribution is -2.36. The second kappa shape index (κ2) is 9.88. The van der Waals surface area contributed by atoms with Crippen LogP contribution in [0.25, 0.3) is 0 Å². The fourth-order valence-corrected chi connectivity index (χ4v) is 2.92. The van der Waals surface area contributed by atoms with Gasteiger partial charge in [-0.25, -0.2) is 9.38 Å². The van der Waals surface area contributed by atoms with E-state index in [0.29, 0.717) is 30.3 Å². The van der Waals surface area contributed by atoms with Gasteiger partial charge >= 0.3 is 0 Å². The van der Waals surface area contributed by atoms with Crippen LogP contribution in [0.3, 0.4) is 0 Å². The summed E-state index contributed by atoms with van der Waals surface area (Å²) in [5.41, 5.74) is 0.812. The number of methoxy groups -OCH3 is 2. The number of halogens is 1. The first-order chi connectivity index (χ1) is 14.1. The molecule has 3 rings (SSSR count). The molecular formula is C21H24FN3O4. The van der Waals surface area contributed by atoms with Gasteiger partial charge in [-0.2, -0.15) is 0 Å². The molecule has 2 N–H and O–H groups in total. The summed E-state index contributed by atoms with van der Waals surface area (Å²) >= 11 is 0. The molecule has 2 aromatic rings. The van der Waals surface area contributed by atoms with E-state index in [4.69, 9.17) is 14.2 Å². The van der Waals surface area contributed by atoms with Crippen LogP contribution in [0.4, 0.5) is 10.1 Å². The second-order valence-corrected chi connectivity index (χ2v) is 6.52. The Kier molecular flexibility index (Phi) is 7.02. The molecule has 1 atom stereocenters. The summed E-state index contributed by atoms with van der Waals surface area (Å²) in [7, 11) is 3.10. The number of rotatable bonds is 6. The maximum atomic E-state index is 13.5. The Morgan fingerprint density at radius 2 is 1.97 bits per heavy atom. The SMILES string of the molecule is COc1cc(NC(=NCC2CCCO2)NC(=O)c2cccc(F)c2)cc(OC)c1. The zero-order chi connectivity index (χ0) is 20.6. The number of nitrogens with zero attached hydrogens (tertiary/aromatic N) is 1. The lowest BCUT2D eigenvalue weighted by molar-refractivity contribution is 0.0975. The van der Waals surface area contributed by atoms with Gasteiger partial charge in [0.05, 0.1) is 26.9 Å². The van der Waals surface area contributed by atoms with Gasteiger partial charge in [-0.3, -0.25) is 10.1 Å². The van der Waals surface area contributed by atoms with Crippen LogP contribution in [-0.4, -0.2) is 45.3 Å². The molecule has 1 amide bonds. The predicted molar refractivity (Wildman–Crippen MR) is 108 cm³/mol. The first kappa shape index (κ1) is 20.6. The zero-order valence-corrected chi connectivity index (χ0v) is 16.4. The van der Waals surface area contributed by atoms with Crippen LogP contribution >= 0.6 is 0 Å². The van der Waals surface area contributed by atoms with E-state index in [1.807, 2.05) is 0 Å². The molecule has 0 aliphatic carbocycles. The molecule has 1 unspecified atom stereocenters. The molecule has 2 aromatic carbocycles. The minimum atomic E-state index is -0.485. The molecule has 0 aromatic heterocycles. The Morgan fingerprint density at radius 3 is 2.59 bits per heavy atom. The summed E-state index contributed by atoms with van der Waals surface area (Å²) in [5.74, 6) is 0.438. The zero-order valence-electron chi connectivity index (χ0n) is 16.4. The fourth-order valence-electron chi connectivity index (χ4n) is 2.92. The highest BCUT2D eigenvalue weighted by Gasteiger charge is 2.16. The van der Waals surface area contributed by atoms with Crippen LogP contribution in [0, 0.1) is 5.82 Å². The highest BCUT2D eigenvalue weighted by Crippen LogP contribution is 2.25. The minimum absolute atomic E-state index is 0.0118. The number of aliphatic imine (C=N–C) groups is 1. The first-order valence-electron chi connectivity index (χ1n) is 9.30. The van der Waals surface area contributed by atoms with Crippen molar-refractivity contribution in [2.45, 2.75) is 18.9 Å². The number of hydrogen-bond donors (Lipinski definition) is 2. The third-order valence-corrected chi connectivity index (χ3v) is 4.41. The summed E-state index contributed by atoms with van der Waals surface area (Å²) in [6, 6.07) is 10.7. The van der Waals surface area contributed by atoms with Gasteiger partial charge in [0, 0.05) is 36.1 Å². The van der Waals surface area contributed by atoms with Gasteiger partial charge in [-0.15, -0.1) is 0 Å². The second-order valence-electron chi connectivity index (χ2n) is 6.52. The van der Waals surface area contributed by atoms with E-state index in [0.717, 1.165) is 12.8 Å². The topological polar surface area (TPSA) is 81.2 Å². The number of carbonyl (C=O) groups excluding carboxylic acids is 1. The van der Waals surface area contributed by atoms with Crippen molar-refractivity contribution in [3.8, 4) is 11.5 Å². The highest BCUT2D eigenvalue weighted by molar-refractivity contribution is 6.10. The van der Waals surface area contributed by atoms with Gasteiger partial charge in [0.2, 0.25) is 5.96 Å². The summed E-state index contributed by atoms with van der Waals surface area (Å²) in [5, 5.41) is 5.78. The maximum absolute atomic E-state index is 13.5. The van der Waals surface area contributed by atoms with Gasteiger partial charge < -0.3 is 19.5 Å². The number of benzene rings is 2. The summed E-state index contributed by atoms with van der Waals surface area (Å²) in [6.07, 6.45) is 1.92. The summed E-state index contributed by atoms with van der Waals surface area (Å²) in [4.78, 5) is 17.0. The Balaban J connectivity index is 1.80. The molecule has 1 aliphatic heterocycles. The molecule has 1 saturated heterocycles. The van der Waals surface area contributed by atoms with Gasteiger partial charge in [0.25, 0.3) is 5.91 Å². The van der Waals surface area contributed by atoms with Crippen LogP contribution in [0.15, 0.2) is 47.5 Å². The lowest BCUT2D eigenvalue weighted by atomic mass is 10.2. The van der Waals surface area contributed by atoms with Crippen molar-refractivity contribution in [1.82, 2.24) is 5.32 Å².